The molecule has 0 radical (unpaired) electrons. The van der Waals surface area contributed by atoms with E-state index in [0.717, 1.165) is 51.9 Å². The number of imidazole rings is 1. The second-order valence-corrected chi connectivity index (χ2v) is 8.52. The first-order chi connectivity index (χ1) is 12.6. The van der Waals surface area contributed by atoms with E-state index in [2.05, 4.69) is 39.6 Å². The monoisotopic (exact) mass is 360 g/mol. The van der Waals surface area contributed by atoms with Gasteiger partial charge < -0.3 is 14.4 Å². The molecule has 1 aromatic heterocycles. The zero-order valence-electron chi connectivity index (χ0n) is 16.7. The highest BCUT2D eigenvalue weighted by molar-refractivity contribution is 5.76. The fourth-order valence-corrected chi connectivity index (χ4v) is 4.61. The summed E-state index contributed by atoms with van der Waals surface area (Å²) in [6.07, 6.45) is 14.7. The predicted molar refractivity (Wildman–Crippen MR) is 105 cm³/mol. The third-order valence-corrected chi connectivity index (χ3v) is 6.08. The number of piperidine rings is 1. The maximum absolute atomic E-state index is 12.8. The quantitative estimate of drug-likeness (QED) is 0.747. The van der Waals surface area contributed by atoms with Gasteiger partial charge in [-0.3, -0.25) is 4.79 Å². The molecule has 2 fully saturated rings. The highest BCUT2D eigenvalue weighted by Crippen LogP contribution is 2.30. The number of likely N-dealkylation sites (tertiary alicyclic amines) is 1. The molecule has 26 heavy (non-hydrogen) atoms. The molecule has 0 spiro atoms. The van der Waals surface area contributed by atoms with Crippen molar-refractivity contribution in [3.63, 3.8) is 0 Å². The van der Waals surface area contributed by atoms with E-state index in [1.807, 2.05) is 6.20 Å². The van der Waals surface area contributed by atoms with E-state index in [-0.39, 0.29) is 0 Å². The first kappa shape index (κ1) is 19.4. The summed E-state index contributed by atoms with van der Waals surface area (Å²) in [5, 5.41) is 0. The molecule has 2 aliphatic rings. The maximum atomic E-state index is 12.8. The summed E-state index contributed by atoms with van der Waals surface area (Å²) >= 11 is 0. The Morgan fingerprint density at radius 3 is 2.77 bits per heavy atom. The molecule has 0 aromatic carbocycles. The molecule has 1 aromatic rings. The fourth-order valence-electron chi connectivity index (χ4n) is 4.61. The molecule has 2 heterocycles. The zero-order valence-corrected chi connectivity index (χ0v) is 16.7. The normalized spacial score (nSPS) is 22.1. The van der Waals surface area contributed by atoms with Gasteiger partial charge in [0, 0.05) is 44.4 Å². The molecular formula is C21H36N4O. The van der Waals surface area contributed by atoms with Crippen LogP contribution in [0, 0.1) is 5.92 Å². The zero-order chi connectivity index (χ0) is 18.4. The highest BCUT2D eigenvalue weighted by atomic mass is 16.2. The average molecular weight is 361 g/mol. The van der Waals surface area contributed by atoms with Crippen LogP contribution in [0.3, 0.4) is 0 Å². The Kier molecular flexibility index (Phi) is 7.12. The number of carbonyl (C=O) groups is 1. The SMILES string of the molecule is CN(C)CCCn1ccnc1[C@H]1CCCN(C(=O)CC2CCCCC2)C1. The largest absolute Gasteiger partial charge is 0.342 e. The van der Waals surface area contributed by atoms with Gasteiger partial charge in [-0.05, 0) is 58.7 Å². The van der Waals surface area contributed by atoms with Crippen LogP contribution in [0.15, 0.2) is 12.4 Å². The van der Waals surface area contributed by atoms with Gasteiger partial charge in [0.2, 0.25) is 5.91 Å². The summed E-state index contributed by atoms with van der Waals surface area (Å²) in [6, 6.07) is 0. The maximum Gasteiger partial charge on any atom is 0.222 e. The van der Waals surface area contributed by atoms with Crippen molar-refractivity contribution in [2.75, 3.05) is 33.7 Å². The van der Waals surface area contributed by atoms with Gasteiger partial charge in [-0.25, -0.2) is 4.98 Å². The minimum absolute atomic E-state index is 0.382. The Morgan fingerprint density at radius 1 is 1.19 bits per heavy atom. The van der Waals surface area contributed by atoms with Crippen LogP contribution < -0.4 is 0 Å². The molecule has 0 bridgehead atoms. The Balaban J connectivity index is 1.54. The lowest BCUT2D eigenvalue weighted by atomic mass is 9.86. The van der Waals surface area contributed by atoms with Crippen LogP contribution in [0.2, 0.25) is 0 Å². The Morgan fingerprint density at radius 2 is 2.00 bits per heavy atom. The van der Waals surface area contributed by atoms with Crippen molar-refractivity contribution in [2.24, 2.45) is 5.92 Å². The number of nitrogens with zero attached hydrogens (tertiary/aromatic N) is 4. The van der Waals surface area contributed by atoms with Crippen LogP contribution in [0.4, 0.5) is 0 Å². The Labute approximate surface area is 158 Å². The minimum Gasteiger partial charge on any atom is -0.342 e. The third-order valence-electron chi connectivity index (χ3n) is 6.08. The predicted octanol–water partition coefficient (Wildman–Crippen LogP) is 3.51. The van der Waals surface area contributed by atoms with Gasteiger partial charge in [0.25, 0.3) is 0 Å². The van der Waals surface area contributed by atoms with Gasteiger partial charge in [-0.15, -0.1) is 0 Å². The van der Waals surface area contributed by atoms with Gasteiger partial charge >= 0.3 is 0 Å². The molecule has 1 saturated carbocycles. The summed E-state index contributed by atoms with van der Waals surface area (Å²) < 4.78 is 2.31. The summed E-state index contributed by atoms with van der Waals surface area (Å²) in [4.78, 5) is 21.8. The molecule has 5 nitrogen and oxygen atoms in total. The number of aryl methyl sites for hydroxylation is 1. The van der Waals surface area contributed by atoms with Crippen LogP contribution in [0.5, 0.6) is 0 Å². The molecule has 0 unspecified atom stereocenters. The molecule has 1 atom stereocenters. The Hall–Kier alpha value is -1.36. The average Bonchev–Trinajstić information content (AvgIpc) is 3.11. The van der Waals surface area contributed by atoms with Crippen LogP contribution >= 0.6 is 0 Å². The number of amides is 1. The summed E-state index contributed by atoms with van der Waals surface area (Å²) in [5.74, 6) is 2.59. The minimum atomic E-state index is 0.382. The number of rotatable bonds is 7. The van der Waals surface area contributed by atoms with E-state index < -0.39 is 0 Å². The van der Waals surface area contributed by atoms with Crippen molar-refractivity contribution in [3.05, 3.63) is 18.2 Å². The van der Waals surface area contributed by atoms with Crippen molar-refractivity contribution < 1.29 is 4.79 Å². The smallest absolute Gasteiger partial charge is 0.222 e. The molecule has 1 saturated heterocycles. The first-order valence-corrected chi connectivity index (χ1v) is 10.6. The molecular weight excluding hydrogens is 324 g/mol. The van der Waals surface area contributed by atoms with Crippen molar-refractivity contribution in [1.82, 2.24) is 19.4 Å². The number of aromatic nitrogens is 2. The van der Waals surface area contributed by atoms with Crippen LogP contribution in [0.1, 0.15) is 69.5 Å². The molecule has 1 amide bonds. The third kappa shape index (κ3) is 5.32. The number of hydrogen-bond donors (Lipinski definition) is 0. The highest BCUT2D eigenvalue weighted by Gasteiger charge is 2.28. The van der Waals surface area contributed by atoms with Gasteiger partial charge in [0.05, 0.1) is 0 Å². The lowest BCUT2D eigenvalue weighted by Crippen LogP contribution is -2.40. The van der Waals surface area contributed by atoms with E-state index in [1.54, 1.807) is 0 Å². The van der Waals surface area contributed by atoms with Gasteiger partial charge in [0.15, 0.2) is 0 Å². The van der Waals surface area contributed by atoms with Gasteiger partial charge in [0.1, 0.15) is 5.82 Å². The van der Waals surface area contributed by atoms with Crippen LogP contribution in [-0.2, 0) is 11.3 Å². The lowest BCUT2D eigenvalue weighted by Gasteiger charge is -2.34. The van der Waals surface area contributed by atoms with Crippen molar-refractivity contribution in [3.8, 4) is 0 Å². The molecule has 1 aliphatic heterocycles. The van der Waals surface area contributed by atoms with E-state index in [0.29, 0.717) is 17.7 Å². The second kappa shape index (κ2) is 9.54. The van der Waals surface area contributed by atoms with Crippen molar-refractivity contribution >= 4 is 5.91 Å². The topological polar surface area (TPSA) is 41.4 Å². The van der Waals surface area contributed by atoms with Gasteiger partial charge in [-0.1, -0.05) is 19.3 Å². The molecule has 5 heteroatoms. The van der Waals surface area contributed by atoms with Crippen molar-refractivity contribution in [1.29, 1.82) is 0 Å². The summed E-state index contributed by atoms with van der Waals surface area (Å²) in [6.45, 7) is 3.90. The number of hydrogen-bond acceptors (Lipinski definition) is 3. The molecule has 146 valence electrons. The van der Waals surface area contributed by atoms with E-state index in [4.69, 9.17) is 0 Å². The standard InChI is InChI=1S/C21H36N4O/c1-23(2)12-7-14-24-15-11-22-21(24)19-10-6-13-25(17-19)20(26)16-18-8-4-3-5-9-18/h11,15,18-19H,3-10,12-14,16-17H2,1-2H3/t19-/m0/s1. The van der Waals surface area contributed by atoms with Crippen molar-refractivity contribution in [2.45, 2.75) is 70.3 Å². The summed E-state index contributed by atoms with van der Waals surface area (Å²) in [5.41, 5.74) is 0. The summed E-state index contributed by atoms with van der Waals surface area (Å²) in [7, 11) is 4.23. The Bertz CT molecular complexity index is 562. The van der Waals surface area contributed by atoms with Crippen LogP contribution in [-0.4, -0.2) is 59.0 Å². The molecule has 3 rings (SSSR count). The van der Waals surface area contributed by atoms with E-state index in [1.165, 1.54) is 37.9 Å². The lowest BCUT2D eigenvalue weighted by molar-refractivity contribution is -0.133. The van der Waals surface area contributed by atoms with Gasteiger partial charge in [-0.2, -0.15) is 0 Å². The van der Waals surface area contributed by atoms with E-state index in [9.17, 15) is 4.79 Å². The second-order valence-electron chi connectivity index (χ2n) is 8.52. The molecule has 1 aliphatic carbocycles. The molecule has 0 N–H and O–H groups in total. The number of carbonyl (C=O) groups excluding carboxylic acids is 1. The van der Waals surface area contributed by atoms with E-state index >= 15 is 0 Å². The van der Waals surface area contributed by atoms with Crippen LogP contribution in [0.25, 0.3) is 0 Å². The fraction of sp³-hybridized carbons (Fsp3) is 0.810. The first-order valence-electron chi connectivity index (χ1n) is 10.6.